The summed E-state index contributed by atoms with van der Waals surface area (Å²) in [7, 11) is 0. The Labute approximate surface area is 100 Å². The van der Waals surface area contributed by atoms with Crippen molar-refractivity contribution in [2.75, 3.05) is 13.2 Å². The van der Waals surface area contributed by atoms with Crippen LogP contribution in [-0.4, -0.2) is 19.0 Å². The van der Waals surface area contributed by atoms with E-state index in [1.54, 1.807) is 0 Å². The minimum Gasteiger partial charge on any atom is -0.348 e. The first-order chi connectivity index (χ1) is 7.59. The summed E-state index contributed by atoms with van der Waals surface area (Å²) in [6.07, 6.45) is 0.647. The molecule has 1 unspecified atom stereocenters. The molecule has 0 bridgehead atoms. The second kappa shape index (κ2) is 4.72. The molecule has 0 spiro atoms. The monoisotopic (exact) mass is 241 g/mol. The molecule has 1 heterocycles. The van der Waals surface area contributed by atoms with Crippen LogP contribution < -0.4 is 5.73 Å². The van der Waals surface area contributed by atoms with Crippen molar-refractivity contribution < 1.29 is 9.47 Å². The highest BCUT2D eigenvalue weighted by Crippen LogP contribution is 2.29. The van der Waals surface area contributed by atoms with E-state index in [4.69, 9.17) is 26.8 Å². The van der Waals surface area contributed by atoms with Gasteiger partial charge in [0.25, 0.3) is 0 Å². The SMILES string of the molecule is CC1(CC(N)c2ccc(Cl)cc2)OCCO1. The molecule has 3 nitrogen and oxygen atoms in total. The van der Waals surface area contributed by atoms with E-state index in [2.05, 4.69) is 0 Å². The van der Waals surface area contributed by atoms with E-state index in [0.29, 0.717) is 19.6 Å². The van der Waals surface area contributed by atoms with Crippen LogP contribution in [0.4, 0.5) is 0 Å². The van der Waals surface area contributed by atoms with E-state index < -0.39 is 5.79 Å². The maximum atomic E-state index is 6.11. The highest BCUT2D eigenvalue weighted by molar-refractivity contribution is 6.30. The Kier molecular flexibility index (Phi) is 3.50. The second-order valence-corrected chi connectivity index (χ2v) is 4.63. The molecule has 0 aromatic heterocycles. The molecule has 1 fully saturated rings. The fourth-order valence-electron chi connectivity index (χ4n) is 1.90. The van der Waals surface area contributed by atoms with Crippen LogP contribution in [0.15, 0.2) is 24.3 Å². The topological polar surface area (TPSA) is 44.5 Å². The summed E-state index contributed by atoms with van der Waals surface area (Å²) in [5, 5.41) is 0.718. The van der Waals surface area contributed by atoms with Gasteiger partial charge in [0.15, 0.2) is 5.79 Å². The highest BCUT2D eigenvalue weighted by atomic mass is 35.5. The molecule has 1 aromatic carbocycles. The molecule has 1 aromatic rings. The lowest BCUT2D eigenvalue weighted by molar-refractivity contribution is -0.150. The zero-order valence-corrected chi connectivity index (χ0v) is 10.0. The van der Waals surface area contributed by atoms with Crippen LogP contribution in [0.2, 0.25) is 5.02 Å². The Balaban J connectivity index is 2.02. The van der Waals surface area contributed by atoms with Gasteiger partial charge in [-0.25, -0.2) is 0 Å². The summed E-state index contributed by atoms with van der Waals surface area (Å²) < 4.78 is 11.1. The Morgan fingerprint density at radius 2 is 1.88 bits per heavy atom. The van der Waals surface area contributed by atoms with Crippen molar-refractivity contribution in [3.05, 3.63) is 34.9 Å². The molecular formula is C12H16ClNO2. The second-order valence-electron chi connectivity index (χ2n) is 4.19. The van der Waals surface area contributed by atoms with Crippen LogP contribution in [0.5, 0.6) is 0 Å². The van der Waals surface area contributed by atoms with E-state index >= 15 is 0 Å². The van der Waals surface area contributed by atoms with Gasteiger partial charge in [0.1, 0.15) is 0 Å². The van der Waals surface area contributed by atoms with Crippen molar-refractivity contribution >= 4 is 11.6 Å². The predicted molar refractivity (Wildman–Crippen MR) is 63.3 cm³/mol. The van der Waals surface area contributed by atoms with Crippen molar-refractivity contribution in [2.45, 2.75) is 25.2 Å². The Hall–Kier alpha value is -0.610. The average Bonchev–Trinajstić information content (AvgIpc) is 2.65. The molecule has 2 N–H and O–H groups in total. The number of hydrogen-bond donors (Lipinski definition) is 1. The van der Waals surface area contributed by atoms with Crippen molar-refractivity contribution in [1.82, 2.24) is 0 Å². The molecule has 0 saturated carbocycles. The summed E-state index contributed by atoms with van der Waals surface area (Å²) in [5.41, 5.74) is 7.15. The van der Waals surface area contributed by atoms with Crippen molar-refractivity contribution in [3.63, 3.8) is 0 Å². The Morgan fingerprint density at radius 1 is 1.31 bits per heavy atom. The standard InChI is InChI=1S/C12H16ClNO2/c1-12(15-6-7-16-12)8-11(14)9-2-4-10(13)5-3-9/h2-5,11H,6-8,14H2,1H3. The quantitative estimate of drug-likeness (QED) is 0.884. The van der Waals surface area contributed by atoms with Gasteiger partial charge in [0, 0.05) is 17.5 Å². The van der Waals surface area contributed by atoms with E-state index in [0.717, 1.165) is 10.6 Å². The van der Waals surface area contributed by atoms with E-state index in [1.165, 1.54) is 0 Å². The summed E-state index contributed by atoms with van der Waals surface area (Å²) >= 11 is 5.82. The van der Waals surface area contributed by atoms with Gasteiger partial charge in [-0.1, -0.05) is 23.7 Å². The Bertz CT molecular complexity index is 347. The third-order valence-corrected chi connectivity index (χ3v) is 3.04. The third-order valence-electron chi connectivity index (χ3n) is 2.79. The zero-order valence-electron chi connectivity index (χ0n) is 9.28. The predicted octanol–water partition coefficient (Wildman–Crippen LogP) is 2.49. The molecule has 1 saturated heterocycles. The minimum atomic E-state index is -0.543. The Morgan fingerprint density at radius 3 is 2.44 bits per heavy atom. The number of nitrogens with two attached hydrogens (primary N) is 1. The van der Waals surface area contributed by atoms with Gasteiger partial charge < -0.3 is 15.2 Å². The molecular weight excluding hydrogens is 226 g/mol. The number of benzene rings is 1. The van der Waals surface area contributed by atoms with Crippen molar-refractivity contribution in [2.24, 2.45) is 5.73 Å². The van der Waals surface area contributed by atoms with Crippen LogP contribution in [-0.2, 0) is 9.47 Å². The summed E-state index contributed by atoms with van der Waals surface area (Å²) in [5.74, 6) is -0.543. The lowest BCUT2D eigenvalue weighted by Gasteiger charge is -2.26. The van der Waals surface area contributed by atoms with E-state index in [-0.39, 0.29) is 6.04 Å². The molecule has 16 heavy (non-hydrogen) atoms. The van der Waals surface area contributed by atoms with Gasteiger partial charge in [-0.2, -0.15) is 0 Å². The van der Waals surface area contributed by atoms with Crippen LogP contribution in [0, 0.1) is 0 Å². The van der Waals surface area contributed by atoms with Crippen LogP contribution in [0.25, 0.3) is 0 Å². The van der Waals surface area contributed by atoms with E-state index in [9.17, 15) is 0 Å². The molecule has 0 radical (unpaired) electrons. The first kappa shape index (κ1) is 11.9. The summed E-state index contributed by atoms with van der Waals surface area (Å²) in [6.45, 7) is 3.21. The summed E-state index contributed by atoms with van der Waals surface area (Å²) in [4.78, 5) is 0. The molecule has 1 aliphatic rings. The van der Waals surface area contributed by atoms with E-state index in [1.807, 2.05) is 31.2 Å². The first-order valence-corrected chi connectivity index (χ1v) is 5.76. The molecule has 2 rings (SSSR count). The number of rotatable bonds is 3. The van der Waals surface area contributed by atoms with Gasteiger partial charge in [0.2, 0.25) is 0 Å². The first-order valence-electron chi connectivity index (χ1n) is 5.38. The molecule has 0 aliphatic carbocycles. The van der Waals surface area contributed by atoms with Crippen molar-refractivity contribution in [3.8, 4) is 0 Å². The minimum absolute atomic E-state index is 0.0969. The zero-order chi connectivity index (χ0) is 11.6. The lowest BCUT2D eigenvalue weighted by atomic mass is 10.0. The molecule has 1 aliphatic heterocycles. The summed E-state index contributed by atoms with van der Waals surface area (Å²) in [6, 6.07) is 7.46. The fraction of sp³-hybridized carbons (Fsp3) is 0.500. The average molecular weight is 242 g/mol. The molecule has 4 heteroatoms. The fourth-order valence-corrected chi connectivity index (χ4v) is 2.03. The molecule has 88 valence electrons. The molecule has 0 amide bonds. The van der Waals surface area contributed by atoms with Gasteiger partial charge in [0.05, 0.1) is 13.2 Å². The van der Waals surface area contributed by atoms with Crippen LogP contribution in [0.1, 0.15) is 24.9 Å². The third kappa shape index (κ3) is 2.74. The molecule has 1 atom stereocenters. The van der Waals surface area contributed by atoms with Gasteiger partial charge in [-0.15, -0.1) is 0 Å². The highest BCUT2D eigenvalue weighted by Gasteiger charge is 2.33. The number of halogens is 1. The largest absolute Gasteiger partial charge is 0.348 e. The smallest absolute Gasteiger partial charge is 0.167 e. The van der Waals surface area contributed by atoms with Gasteiger partial charge >= 0.3 is 0 Å². The number of hydrogen-bond acceptors (Lipinski definition) is 3. The maximum Gasteiger partial charge on any atom is 0.167 e. The lowest BCUT2D eigenvalue weighted by Crippen LogP contribution is -2.31. The van der Waals surface area contributed by atoms with Crippen LogP contribution >= 0.6 is 11.6 Å². The van der Waals surface area contributed by atoms with Crippen LogP contribution in [0.3, 0.4) is 0 Å². The normalized spacial score (nSPS) is 20.9. The maximum absolute atomic E-state index is 6.11. The van der Waals surface area contributed by atoms with Gasteiger partial charge in [-0.05, 0) is 24.6 Å². The van der Waals surface area contributed by atoms with Crippen molar-refractivity contribution in [1.29, 1.82) is 0 Å². The number of ether oxygens (including phenoxy) is 2. The van der Waals surface area contributed by atoms with Gasteiger partial charge in [-0.3, -0.25) is 0 Å².